The highest BCUT2D eigenvalue weighted by molar-refractivity contribution is 9.10. The van der Waals surface area contributed by atoms with Crippen molar-refractivity contribution < 1.29 is 9.84 Å². The topological polar surface area (TPSA) is 46.4 Å². The van der Waals surface area contributed by atoms with Crippen LogP contribution in [0.15, 0.2) is 65.1 Å². The van der Waals surface area contributed by atoms with Crippen LogP contribution in [0.3, 0.4) is 0 Å². The molecule has 0 fully saturated rings. The number of fused-ring (bicyclic) bond motifs is 3. The summed E-state index contributed by atoms with van der Waals surface area (Å²) in [5.74, 6) is 0.817. The third-order valence-corrected chi connectivity index (χ3v) is 5.42. The van der Waals surface area contributed by atoms with E-state index in [0.29, 0.717) is 19.7 Å². The van der Waals surface area contributed by atoms with Crippen LogP contribution in [-0.4, -0.2) is 36.8 Å². The first-order chi connectivity index (χ1) is 14.0. The molecule has 2 radical (unpaired) electrons. The number of aliphatic hydroxyl groups excluding tert-OH is 1. The Kier molecular flexibility index (Phi) is 5.83. The lowest BCUT2D eigenvalue weighted by atomic mass is 9.94. The van der Waals surface area contributed by atoms with Crippen LogP contribution in [0.25, 0.3) is 21.8 Å². The maximum atomic E-state index is 10.7. The first kappa shape index (κ1) is 19.9. The molecule has 0 aliphatic heterocycles. The lowest BCUT2D eigenvalue weighted by Crippen LogP contribution is -2.24. The van der Waals surface area contributed by atoms with Gasteiger partial charge < -0.3 is 19.7 Å². The summed E-state index contributed by atoms with van der Waals surface area (Å²) in [5.41, 5.74) is 3.79. The molecule has 0 saturated heterocycles. The highest BCUT2D eigenvalue weighted by Gasteiger charge is 2.14. The molecule has 0 amide bonds. The quantitative estimate of drug-likeness (QED) is 0.416. The van der Waals surface area contributed by atoms with E-state index in [9.17, 15) is 5.11 Å². The van der Waals surface area contributed by atoms with Crippen molar-refractivity contribution >= 4 is 56.7 Å². The Morgan fingerprint density at radius 3 is 2.62 bits per heavy atom. The van der Waals surface area contributed by atoms with Gasteiger partial charge in [0.15, 0.2) is 0 Å². The molecule has 0 aliphatic carbocycles. The second-order valence-corrected chi connectivity index (χ2v) is 7.96. The van der Waals surface area contributed by atoms with Crippen molar-refractivity contribution in [2.45, 2.75) is 19.6 Å². The van der Waals surface area contributed by atoms with E-state index in [1.165, 1.54) is 0 Å². The van der Waals surface area contributed by atoms with E-state index in [2.05, 4.69) is 37.9 Å². The highest BCUT2D eigenvalue weighted by atomic mass is 79.9. The monoisotopic (exact) mass is 448 g/mol. The van der Waals surface area contributed by atoms with Gasteiger partial charge in [-0.25, -0.2) is 0 Å². The van der Waals surface area contributed by atoms with Crippen LogP contribution in [0.2, 0.25) is 0 Å². The van der Waals surface area contributed by atoms with Gasteiger partial charge in [-0.1, -0.05) is 39.6 Å². The second kappa shape index (κ2) is 8.51. The van der Waals surface area contributed by atoms with E-state index in [1.54, 1.807) is 0 Å². The van der Waals surface area contributed by atoms with Crippen LogP contribution in [-0.2, 0) is 6.54 Å². The van der Waals surface area contributed by atoms with E-state index in [-0.39, 0.29) is 0 Å². The summed E-state index contributed by atoms with van der Waals surface area (Å²) in [6, 6.07) is 19.9. The van der Waals surface area contributed by atoms with Crippen LogP contribution in [0.5, 0.6) is 5.75 Å². The highest BCUT2D eigenvalue weighted by Crippen LogP contribution is 2.31. The maximum Gasteiger partial charge on any atom is 0.121 e. The zero-order valence-corrected chi connectivity index (χ0v) is 17.8. The predicted molar refractivity (Wildman–Crippen MR) is 125 cm³/mol. The zero-order valence-electron chi connectivity index (χ0n) is 16.2. The summed E-state index contributed by atoms with van der Waals surface area (Å²) in [4.78, 5) is 0. The van der Waals surface area contributed by atoms with E-state index in [1.807, 2.05) is 55.5 Å². The number of halogens is 1. The number of aromatic nitrogens is 1. The predicted octanol–water partition coefficient (Wildman–Crippen LogP) is 4.22. The Bertz CT molecular complexity index is 1100. The number of nitrogens with zero attached hydrogens (tertiary/aromatic N) is 1. The number of aliphatic hydroxyl groups is 1. The largest absolute Gasteiger partial charge is 0.494 e. The van der Waals surface area contributed by atoms with Gasteiger partial charge in [-0.05, 0) is 43.3 Å². The van der Waals surface area contributed by atoms with Gasteiger partial charge in [0.2, 0.25) is 0 Å². The molecule has 4 nitrogen and oxygen atoms in total. The minimum Gasteiger partial charge on any atom is -0.494 e. The number of nitrogens with one attached hydrogen (secondary N) is 1. The summed E-state index contributed by atoms with van der Waals surface area (Å²) in [7, 11) is 6.02. The molecule has 1 aromatic heterocycles. The fraction of sp³-hybridized carbons (Fsp3) is 0.217. The molecule has 29 heavy (non-hydrogen) atoms. The Morgan fingerprint density at radius 1 is 1.07 bits per heavy atom. The zero-order chi connectivity index (χ0) is 20.4. The Hall–Kier alpha value is -2.44. The standard InChI is InChI=1S/C23H22BBrN2O2/c1-2-29-19-5-3-4-17(12-19)26-13-18(28)14-27-22-8-6-15(24)10-20(22)21-11-16(25)7-9-23(21)27/h3-12,18,26,28H,2,13-14H2,1H3. The summed E-state index contributed by atoms with van der Waals surface area (Å²) in [5, 5.41) is 16.2. The van der Waals surface area contributed by atoms with Crippen molar-refractivity contribution in [3.63, 3.8) is 0 Å². The van der Waals surface area contributed by atoms with Crippen LogP contribution >= 0.6 is 15.9 Å². The van der Waals surface area contributed by atoms with Crippen molar-refractivity contribution in [3.05, 3.63) is 65.1 Å². The van der Waals surface area contributed by atoms with Crippen LogP contribution in [0.1, 0.15) is 6.92 Å². The lowest BCUT2D eigenvalue weighted by molar-refractivity contribution is 0.169. The number of hydrogen-bond acceptors (Lipinski definition) is 3. The minimum absolute atomic E-state index is 0.433. The van der Waals surface area contributed by atoms with Crippen molar-refractivity contribution in [3.8, 4) is 5.75 Å². The van der Waals surface area contributed by atoms with Crippen LogP contribution in [0, 0.1) is 0 Å². The van der Waals surface area contributed by atoms with Gasteiger partial charge in [0.05, 0.1) is 19.3 Å². The molecular weight excluding hydrogens is 427 g/mol. The Labute approximate surface area is 180 Å². The van der Waals surface area contributed by atoms with E-state index in [4.69, 9.17) is 12.6 Å². The molecule has 3 aromatic carbocycles. The van der Waals surface area contributed by atoms with E-state index in [0.717, 1.165) is 43.2 Å². The summed E-state index contributed by atoms with van der Waals surface area (Å²) < 4.78 is 8.70. The molecule has 0 bridgehead atoms. The molecule has 1 unspecified atom stereocenters. The first-order valence-corrected chi connectivity index (χ1v) is 10.5. The minimum atomic E-state index is -0.564. The van der Waals surface area contributed by atoms with Gasteiger partial charge in [-0.2, -0.15) is 0 Å². The molecular formula is C23H22BBrN2O2. The van der Waals surface area contributed by atoms with E-state index >= 15 is 0 Å². The molecule has 6 heteroatoms. The van der Waals surface area contributed by atoms with Gasteiger partial charge in [0.25, 0.3) is 0 Å². The average Bonchev–Trinajstić information content (AvgIpc) is 2.99. The number of anilines is 1. The molecule has 0 aliphatic rings. The fourth-order valence-corrected chi connectivity index (χ4v) is 4.03. The lowest BCUT2D eigenvalue weighted by Gasteiger charge is -2.16. The number of rotatable bonds is 7. The molecule has 1 atom stereocenters. The number of ether oxygens (including phenoxy) is 1. The van der Waals surface area contributed by atoms with Crippen molar-refractivity contribution in [1.82, 2.24) is 4.57 Å². The van der Waals surface area contributed by atoms with Gasteiger partial charge in [-0.15, -0.1) is 0 Å². The molecule has 4 rings (SSSR count). The van der Waals surface area contributed by atoms with Crippen molar-refractivity contribution in [1.29, 1.82) is 0 Å². The summed E-state index contributed by atoms with van der Waals surface area (Å²) in [6.07, 6.45) is -0.564. The molecule has 4 aromatic rings. The van der Waals surface area contributed by atoms with Gasteiger partial charge in [0.1, 0.15) is 13.6 Å². The Morgan fingerprint density at radius 2 is 1.83 bits per heavy atom. The molecule has 0 saturated carbocycles. The van der Waals surface area contributed by atoms with Gasteiger partial charge >= 0.3 is 0 Å². The van der Waals surface area contributed by atoms with Gasteiger partial charge in [0, 0.05) is 44.6 Å². The summed E-state index contributed by atoms with van der Waals surface area (Å²) in [6.45, 7) is 3.49. The third kappa shape index (κ3) is 4.28. The normalized spacial score (nSPS) is 12.4. The fourth-order valence-electron chi connectivity index (χ4n) is 3.66. The van der Waals surface area contributed by atoms with Crippen LogP contribution in [0.4, 0.5) is 5.69 Å². The SMILES string of the molecule is [B]c1ccc2c(c1)c1cc(Br)ccc1n2CC(O)CNc1cccc(OCC)c1. The van der Waals surface area contributed by atoms with Crippen molar-refractivity contribution in [2.24, 2.45) is 0 Å². The van der Waals surface area contributed by atoms with E-state index < -0.39 is 6.10 Å². The first-order valence-electron chi connectivity index (χ1n) is 9.67. The van der Waals surface area contributed by atoms with Gasteiger partial charge in [-0.3, -0.25) is 0 Å². The number of hydrogen-bond donors (Lipinski definition) is 2. The number of benzene rings is 3. The maximum absolute atomic E-state index is 10.7. The molecule has 2 N–H and O–H groups in total. The molecule has 1 heterocycles. The second-order valence-electron chi connectivity index (χ2n) is 7.04. The smallest absolute Gasteiger partial charge is 0.121 e. The van der Waals surface area contributed by atoms with Crippen LogP contribution < -0.4 is 15.5 Å². The third-order valence-electron chi connectivity index (χ3n) is 4.93. The average molecular weight is 449 g/mol. The molecule has 146 valence electrons. The molecule has 0 spiro atoms. The Balaban J connectivity index is 1.57. The summed E-state index contributed by atoms with van der Waals surface area (Å²) >= 11 is 3.55. The van der Waals surface area contributed by atoms with Crippen molar-refractivity contribution in [2.75, 3.05) is 18.5 Å².